The van der Waals surface area contributed by atoms with Crippen molar-refractivity contribution in [2.75, 3.05) is 6.54 Å². The van der Waals surface area contributed by atoms with Crippen molar-refractivity contribution >= 4 is 0 Å². The van der Waals surface area contributed by atoms with Crippen LogP contribution in [-0.4, -0.2) is 16.5 Å². The van der Waals surface area contributed by atoms with Gasteiger partial charge in [-0.15, -0.1) is 0 Å². The standard InChI is InChI=1S/C13H19N3/c1-9(13-14-4-5-15-13)16-8-12-7-10-2-3-11(12)6-10/h2-5,9-12,16H,6-8H2,1H3,(H,14,15). The average molecular weight is 217 g/mol. The molecule has 1 aromatic rings. The van der Waals surface area contributed by atoms with Gasteiger partial charge in [0.15, 0.2) is 0 Å². The predicted molar refractivity (Wildman–Crippen MR) is 63.8 cm³/mol. The average Bonchev–Trinajstić information content (AvgIpc) is 3.01. The van der Waals surface area contributed by atoms with E-state index in [1.165, 1.54) is 12.8 Å². The number of imidazole rings is 1. The SMILES string of the molecule is CC(NCC1CC2C=CC1C2)c1ncc[nH]1. The molecule has 4 unspecified atom stereocenters. The van der Waals surface area contributed by atoms with Crippen LogP contribution in [0, 0.1) is 17.8 Å². The number of rotatable bonds is 4. The number of aromatic nitrogens is 2. The molecule has 0 spiro atoms. The van der Waals surface area contributed by atoms with Crippen molar-refractivity contribution in [3.8, 4) is 0 Å². The second-order valence-electron chi connectivity index (χ2n) is 5.14. The molecule has 3 rings (SSSR count). The Balaban J connectivity index is 1.52. The first-order valence-corrected chi connectivity index (χ1v) is 6.24. The Bertz CT molecular complexity index is 369. The van der Waals surface area contributed by atoms with E-state index in [0.29, 0.717) is 6.04 Å². The summed E-state index contributed by atoms with van der Waals surface area (Å²) in [5, 5.41) is 3.58. The topological polar surface area (TPSA) is 40.7 Å². The normalized spacial score (nSPS) is 33.4. The van der Waals surface area contributed by atoms with Gasteiger partial charge in [-0.2, -0.15) is 0 Å². The molecular formula is C13H19N3. The Kier molecular flexibility index (Phi) is 2.56. The third kappa shape index (κ3) is 1.80. The molecule has 1 heterocycles. The van der Waals surface area contributed by atoms with Gasteiger partial charge in [-0.25, -0.2) is 4.98 Å². The molecule has 0 aliphatic heterocycles. The summed E-state index contributed by atoms with van der Waals surface area (Å²) in [7, 11) is 0. The highest BCUT2D eigenvalue weighted by atomic mass is 15.0. The van der Waals surface area contributed by atoms with Crippen LogP contribution in [0.5, 0.6) is 0 Å². The highest BCUT2D eigenvalue weighted by Crippen LogP contribution is 2.43. The molecule has 1 aromatic heterocycles. The number of nitrogens with one attached hydrogen (secondary N) is 2. The maximum atomic E-state index is 4.28. The van der Waals surface area contributed by atoms with Gasteiger partial charge in [0.05, 0.1) is 6.04 Å². The molecule has 2 bridgehead atoms. The van der Waals surface area contributed by atoms with E-state index < -0.39 is 0 Å². The fraction of sp³-hybridized carbons (Fsp3) is 0.615. The van der Waals surface area contributed by atoms with E-state index in [4.69, 9.17) is 0 Å². The Labute approximate surface area is 96.4 Å². The van der Waals surface area contributed by atoms with Gasteiger partial charge < -0.3 is 10.3 Å². The van der Waals surface area contributed by atoms with Crippen LogP contribution in [0.4, 0.5) is 0 Å². The summed E-state index contributed by atoms with van der Waals surface area (Å²) in [6.07, 6.45) is 11.3. The van der Waals surface area contributed by atoms with Gasteiger partial charge in [0.1, 0.15) is 5.82 Å². The molecule has 1 saturated carbocycles. The quantitative estimate of drug-likeness (QED) is 0.760. The van der Waals surface area contributed by atoms with E-state index in [1.54, 1.807) is 0 Å². The summed E-state index contributed by atoms with van der Waals surface area (Å²) in [6.45, 7) is 3.29. The molecule has 86 valence electrons. The highest BCUT2D eigenvalue weighted by molar-refractivity contribution is 5.10. The molecule has 0 aromatic carbocycles. The predicted octanol–water partition coefficient (Wildman–Crippen LogP) is 2.27. The van der Waals surface area contributed by atoms with Crippen LogP contribution >= 0.6 is 0 Å². The van der Waals surface area contributed by atoms with E-state index in [0.717, 1.165) is 30.1 Å². The molecule has 2 N–H and O–H groups in total. The van der Waals surface area contributed by atoms with E-state index in [1.807, 2.05) is 12.4 Å². The minimum absolute atomic E-state index is 0.332. The minimum Gasteiger partial charge on any atom is -0.347 e. The number of hydrogen-bond donors (Lipinski definition) is 2. The van der Waals surface area contributed by atoms with Gasteiger partial charge in [0.25, 0.3) is 0 Å². The maximum Gasteiger partial charge on any atom is 0.122 e. The number of nitrogens with zero attached hydrogens (tertiary/aromatic N) is 1. The smallest absolute Gasteiger partial charge is 0.122 e. The molecule has 2 aliphatic rings. The molecule has 2 aliphatic carbocycles. The monoisotopic (exact) mass is 217 g/mol. The second-order valence-corrected chi connectivity index (χ2v) is 5.14. The Morgan fingerprint density at radius 2 is 2.44 bits per heavy atom. The maximum absolute atomic E-state index is 4.28. The number of fused-ring (bicyclic) bond motifs is 2. The molecule has 4 atom stereocenters. The van der Waals surface area contributed by atoms with Crippen molar-refractivity contribution in [1.29, 1.82) is 0 Å². The Morgan fingerprint density at radius 1 is 1.50 bits per heavy atom. The number of aromatic amines is 1. The minimum atomic E-state index is 0.332. The molecule has 16 heavy (non-hydrogen) atoms. The summed E-state index contributed by atoms with van der Waals surface area (Å²) < 4.78 is 0. The van der Waals surface area contributed by atoms with Crippen molar-refractivity contribution < 1.29 is 0 Å². The van der Waals surface area contributed by atoms with Gasteiger partial charge in [-0.3, -0.25) is 0 Å². The van der Waals surface area contributed by atoms with Crippen LogP contribution < -0.4 is 5.32 Å². The molecule has 3 nitrogen and oxygen atoms in total. The number of allylic oxidation sites excluding steroid dienone is 2. The lowest BCUT2D eigenvalue weighted by molar-refractivity contribution is 0.389. The molecule has 0 amide bonds. The van der Waals surface area contributed by atoms with Crippen molar-refractivity contribution in [2.24, 2.45) is 17.8 Å². The summed E-state index contributed by atoms with van der Waals surface area (Å²) >= 11 is 0. The number of H-pyrrole nitrogens is 1. The lowest BCUT2D eigenvalue weighted by Crippen LogP contribution is -2.28. The lowest BCUT2D eigenvalue weighted by Gasteiger charge is -2.20. The molecule has 0 radical (unpaired) electrons. The van der Waals surface area contributed by atoms with Gasteiger partial charge in [-0.05, 0) is 44.1 Å². The second kappa shape index (κ2) is 4.06. The van der Waals surface area contributed by atoms with Crippen LogP contribution in [0.25, 0.3) is 0 Å². The molecule has 3 heteroatoms. The van der Waals surface area contributed by atoms with E-state index in [9.17, 15) is 0 Å². The van der Waals surface area contributed by atoms with Crippen molar-refractivity contribution in [3.05, 3.63) is 30.4 Å². The van der Waals surface area contributed by atoms with Crippen LogP contribution in [0.1, 0.15) is 31.6 Å². The molecule has 0 saturated heterocycles. The van der Waals surface area contributed by atoms with Crippen molar-refractivity contribution in [2.45, 2.75) is 25.8 Å². The molecule has 1 fully saturated rings. The summed E-state index contributed by atoms with van der Waals surface area (Å²) in [6, 6.07) is 0.332. The zero-order valence-electron chi connectivity index (χ0n) is 9.69. The first-order chi connectivity index (χ1) is 7.83. The van der Waals surface area contributed by atoms with Crippen LogP contribution in [0.2, 0.25) is 0 Å². The largest absolute Gasteiger partial charge is 0.347 e. The van der Waals surface area contributed by atoms with E-state index >= 15 is 0 Å². The van der Waals surface area contributed by atoms with Crippen LogP contribution in [-0.2, 0) is 0 Å². The van der Waals surface area contributed by atoms with Gasteiger partial charge in [0, 0.05) is 12.4 Å². The van der Waals surface area contributed by atoms with E-state index in [-0.39, 0.29) is 0 Å². The summed E-state index contributed by atoms with van der Waals surface area (Å²) in [5.74, 6) is 3.59. The Morgan fingerprint density at radius 3 is 3.06 bits per heavy atom. The first-order valence-electron chi connectivity index (χ1n) is 6.24. The van der Waals surface area contributed by atoms with Crippen LogP contribution in [0.3, 0.4) is 0 Å². The number of hydrogen-bond acceptors (Lipinski definition) is 2. The van der Waals surface area contributed by atoms with Gasteiger partial charge >= 0.3 is 0 Å². The highest BCUT2D eigenvalue weighted by Gasteiger charge is 2.35. The summed E-state index contributed by atoms with van der Waals surface area (Å²) in [5.41, 5.74) is 0. The fourth-order valence-corrected chi connectivity index (χ4v) is 3.07. The molecular weight excluding hydrogens is 198 g/mol. The Hall–Kier alpha value is -1.09. The first kappa shape index (κ1) is 10.1. The van der Waals surface area contributed by atoms with Gasteiger partial charge in [-0.1, -0.05) is 12.2 Å². The fourth-order valence-electron chi connectivity index (χ4n) is 3.07. The zero-order valence-corrected chi connectivity index (χ0v) is 9.69. The van der Waals surface area contributed by atoms with E-state index in [2.05, 4.69) is 34.4 Å². The zero-order chi connectivity index (χ0) is 11.0. The van der Waals surface area contributed by atoms with Gasteiger partial charge in [0.2, 0.25) is 0 Å². The lowest BCUT2D eigenvalue weighted by atomic mass is 9.93. The third-order valence-electron chi connectivity index (χ3n) is 4.03. The van der Waals surface area contributed by atoms with Crippen LogP contribution in [0.15, 0.2) is 24.5 Å². The third-order valence-corrected chi connectivity index (χ3v) is 4.03. The van der Waals surface area contributed by atoms with Crippen molar-refractivity contribution in [3.63, 3.8) is 0 Å². The summed E-state index contributed by atoms with van der Waals surface area (Å²) in [4.78, 5) is 7.44. The van der Waals surface area contributed by atoms with Crippen molar-refractivity contribution in [1.82, 2.24) is 15.3 Å².